The molecule has 2 saturated heterocycles. The molecule has 3 aliphatic heterocycles. The standard InChI is InChI=1S/C26H29ClN8O7S2/c1-12(24(38)39)42-33-17(16-20(27)44-26(28)32-16)21(36)31-18-22(37)35-19(25(40)41)13(11-43-23(18)35)10-34-7-4-14(5-8-34)30-9-15-3-2-6-29-15/h4-5,7-8,12,15,18,23,29H,2-3,6,9-11H2,1H3,(H5,28,31,32,36,38,39,40,41)/p+1/b33-17-/t12-,15-,18+,23+/m0/s1. The predicted molar refractivity (Wildman–Crippen MR) is 162 cm³/mol. The number of hydrogen-bond acceptors (Lipinski definition) is 12. The van der Waals surface area contributed by atoms with E-state index in [2.05, 4.69) is 26.1 Å². The summed E-state index contributed by atoms with van der Waals surface area (Å²) in [5, 5.41) is 31.5. The third kappa shape index (κ3) is 6.74. The van der Waals surface area contributed by atoms with E-state index in [1.54, 1.807) is 0 Å². The van der Waals surface area contributed by atoms with Crippen LogP contribution in [0.3, 0.4) is 0 Å². The van der Waals surface area contributed by atoms with Crippen LogP contribution in [0.5, 0.6) is 0 Å². The van der Waals surface area contributed by atoms with E-state index >= 15 is 0 Å². The van der Waals surface area contributed by atoms with Gasteiger partial charge in [0.25, 0.3) is 11.8 Å². The van der Waals surface area contributed by atoms with E-state index in [0.29, 0.717) is 17.4 Å². The lowest BCUT2D eigenvalue weighted by atomic mass is 10.0. The smallest absolute Gasteiger partial charge is 0.352 e. The highest BCUT2D eigenvalue weighted by molar-refractivity contribution is 8.00. The highest BCUT2D eigenvalue weighted by Crippen LogP contribution is 2.40. The van der Waals surface area contributed by atoms with Crippen molar-refractivity contribution in [3.05, 3.63) is 45.8 Å². The second-order valence-electron chi connectivity index (χ2n) is 10.3. The normalized spacial score (nSPS) is 22.2. The molecule has 0 radical (unpaired) electrons. The van der Waals surface area contributed by atoms with Gasteiger partial charge in [0, 0.05) is 41.7 Å². The molecule has 18 heteroatoms. The fourth-order valence-corrected chi connectivity index (χ4v) is 7.18. The second kappa shape index (κ2) is 13.4. The molecule has 15 nitrogen and oxygen atoms in total. The number of carboxylic acid groups (broad SMARTS) is 2. The molecular formula is C26H30ClN8O7S2+. The molecule has 2 aromatic heterocycles. The van der Waals surface area contributed by atoms with Gasteiger partial charge in [-0.25, -0.2) is 19.1 Å². The number of aliphatic carboxylic acids is 2. The SMILES string of the molecule is C[C@H](O/N=C(\C(=O)N[C@@H]1C(=O)N2C(C(=O)O)=C(C[n+]3ccc(NC[C@@H]4CCCN4)cc3)CS[C@H]12)c1nc(N)sc1Cl)C(=O)O. The van der Waals surface area contributed by atoms with Crippen molar-refractivity contribution in [2.75, 3.05) is 29.9 Å². The van der Waals surface area contributed by atoms with E-state index in [-0.39, 0.29) is 27.4 Å². The molecule has 44 heavy (non-hydrogen) atoms. The van der Waals surface area contributed by atoms with Crippen LogP contribution in [0, 0.1) is 0 Å². The van der Waals surface area contributed by atoms with Crippen molar-refractivity contribution in [1.29, 1.82) is 0 Å². The van der Waals surface area contributed by atoms with Crippen LogP contribution >= 0.6 is 34.7 Å². The molecule has 0 bridgehead atoms. The van der Waals surface area contributed by atoms with E-state index in [9.17, 15) is 24.3 Å². The number of nitrogen functional groups attached to an aromatic ring is 1. The molecule has 0 aromatic carbocycles. The summed E-state index contributed by atoms with van der Waals surface area (Å²) in [6.45, 7) is 3.31. The lowest BCUT2D eigenvalue weighted by Crippen LogP contribution is -2.71. The first kappa shape index (κ1) is 31.5. The molecule has 4 atom stereocenters. The Balaban J connectivity index is 1.28. The molecule has 5 rings (SSSR count). The minimum atomic E-state index is -1.40. The molecule has 234 valence electrons. The van der Waals surface area contributed by atoms with Crippen LogP contribution in [0.1, 0.15) is 25.5 Å². The molecule has 0 aliphatic carbocycles. The molecule has 3 aliphatic rings. The topological polar surface area (TPSA) is 212 Å². The lowest BCUT2D eigenvalue weighted by molar-refractivity contribution is -0.688. The third-order valence-electron chi connectivity index (χ3n) is 7.21. The zero-order valence-corrected chi connectivity index (χ0v) is 25.7. The highest BCUT2D eigenvalue weighted by Gasteiger charge is 2.55. The summed E-state index contributed by atoms with van der Waals surface area (Å²) in [5.74, 6) is -3.83. The zero-order valence-electron chi connectivity index (χ0n) is 23.4. The lowest BCUT2D eigenvalue weighted by Gasteiger charge is -2.49. The molecule has 0 saturated carbocycles. The van der Waals surface area contributed by atoms with Gasteiger partial charge in [0.05, 0.1) is 0 Å². The number of nitrogens with zero attached hydrogens (tertiary/aromatic N) is 4. The maximum Gasteiger partial charge on any atom is 0.352 e. The number of carbonyl (C=O) groups is 4. The monoisotopic (exact) mass is 665 g/mol. The third-order valence-corrected chi connectivity index (χ3v) is 9.63. The van der Waals surface area contributed by atoms with Crippen LogP contribution in [0.4, 0.5) is 10.8 Å². The number of amides is 2. The Morgan fingerprint density at radius 3 is 2.70 bits per heavy atom. The van der Waals surface area contributed by atoms with Crippen molar-refractivity contribution in [2.45, 2.75) is 49.9 Å². The molecule has 2 aromatic rings. The summed E-state index contributed by atoms with van der Waals surface area (Å²) < 4.78 is 1.84. The van der Waals surface area contributed by atoms with Gasteiger partial charge in [0.1, 0.15) is 27.1 Å². The van der Waals surface area contributed by atoms with Gasteiger partial charge < -0.3 is 36.7 Å². The predicted octanol–water partition coefficient (Wildman–Crippen LogP) is 0.463. The van der Waals surface area contributed by atoms with Crippen LogP contribution in [0.15, 0.2) is 41.0 Å². The molecular weight excluding hydrogens is 636 g/mol. The summed E-state index contributed by atoms with van der Waals surface area (Å²) in [6, 6.07) is 3.18. The number of pyridine rings is 1. The number of fused-ring (bicyclic) bond motifs is 1. The number of β-lactam (4-membered cyclic amide) rings is 1. The number of thioether (sulfide) groups is 1. The minimum absolute atomic E-state index is 0.00413. The summed E-state index contributed by atoms with van der Waals surface area (Å²) in [4.78, 5) is 60.1. The van der Waals surface area contributed by atoms with Crippen molar-refractivity contribution < 1.29 is 38.8 Å². The minimum Gasteiger partial charge on any atom is -0.478 e. The Kier molecular flexibility index (Phi) is 9.57. The number of carbonyl (C=O) groups excluding carboxylic acids is 2. The Labute approximate surface area is 264 Å². The number of nitrogens with two attached hydrogens (primary N) is 1. The van der Waals surface area contributed by atoms with Crippen LogP contribution in [0.2, 0.25) is 4.34 Å². The van der Waals surface area contributed by atoms with Crippen molar-refractivity contribution in [3.63, 3.8) is 0 Å². The first-order valence-electron chi connectivity index (χ1n) is 13.6. The van der Waals surface area contributed by atoms with Gasteiger partial charge >= 0.3 is 11.9 Å². The van der Waals surface area contributed by atoms with Crippen LogP contribution in [0.25, 0.3) is 0 Å². The van der Waals surface area contributed by atoms with E-state index in [4.69, 9.17) is 27.3 Å². The summed E-state index contributed by atoms with van der Waals surface area (Å²) >= 11 is 8.33. The molecule has 2 amide bonds. The maximum atomic E-state index is 13.3. The number of oxime groups is 1. The van der Waals surface area contributed by atoms with Crippen molar-refractivity contribution in [2.24, 2.45) is 5.16 Å². The highest BCUT2D eigenvalue weighted by atomic mass is 35.5. The number of thiazole rings is 1. The molecule has 0 unspecified atom stereocenters. The average molecular weight is 666 g/mol. The number of hydrogen-bond donors (Lipinski definition) is 6. The van der Waals surface area contributed by atoms with E-state index in [1.165, 1.54) is 25.1 Å². The van der Waals surface area contributed by atoms with E-state index in [0.717, 1.165) is 41.4 Å². The number of halogens is 1. The fourth-order valence-electron chi connectivity index (χ4n) is 4.92. The Bertz CT molecular complexity index is 1530. The molecule has 2 fully saturated rings. The summed E-state index contributed by atoms with van der Waals surface area (Å²) in [7, 11) is 0. The number of nitrogens with one attached hydrogen (secondary N) is 3. The summed E-state index contributed by atoms with van der Waals surface area (Å²) in [6.07, 6.45) is 4.60. The fraction of sp³-hybridized carbons (Fsp3) is 0.423. The van der Waals surface area contributed by atoms with Crippen LogP contribution in [-0.4, -0.2) is 92.0 Å². The Hall–Kier alpha value is -3.93. The van der Waals surface area contributed by atoms with Gasteiger partial charge in [-0.2, -0.15) is 0 Å². The zero-order chi connectivity index (χ0) is 31.5. The van der Waals surface area contributed by atoms with E-state index < -0.39 is 47.0 Å². The van der Waals surface area contributed by atoms with Gasteiger partial charge in [0.15, 0.2) is 29.8 Å². The number of aromatic nitrogens is 2. The summed E-state index contributed by atoms with van der Waals surface area (Å²) in [5.41, 5.74) is 6.43. The van der Waals surface area contributed by atoms with Crippen LogP contribution in [-0.2, 0) is 30.6 Å². The molecule has 0 spiro atoms. The first-order valence-corrected chi connectivity index (χ1v) is 15.8. The van der Waals surface area contributed by atoms with Crippen molar-refractivity contribution >= 4 is 75.0 Å². The Morgan fingerprint density at radius 2 is 2.09 bits per heavy atom. The van der Waals surface area contributed by atoms with Gasteiger partial charge in [-0.3, -0.25) is 14.5 Å². The van der Waals surface area contributed by atoms with Gasteiger partial charge in [-0.1, -0.05) is 28.1 Å². The molecule has 5 heterocycles. The second-order valence-corrected chi connectivity index (χ2v) is 13.0. The van der Waals surface area contributed by atoms with Crippen LogP contribution < -0.4 is 26.3 Å². The maximum absolute atomic E-state index is 13.3. The number of rotatable bonds is 12. The molecule has 7 N–H and O–H groups in total. The number of carboxylic acids is 2. The first-order chi connectivity index (χ1) is 21.0. The largest absolute Gasteiger partial charge is 0.478 e. The van der Waals surface area contributed by atoms with Gasteiger partial charge in [0.2, 0.25) is 6.10 Å². The van der Waals surface area contributed by atoms with Crippen molar-refractivity contribution in [3.8, 4) is 0 Å². The van der Waals surface area contributed by atoms with E-state index in [1.807, 2.05) is 29.1 Å². The average Bonchev–Trinajstić information content (AvgIpc) is 3.63. The number of anilines is 2. The van der Waals surface area contributed by atoms with Gasteiger partial charge in [-0.15, -0.1) is 11.8 Å². The quantitative estimate of drug-likeness (QED) is 0.0790. The Morgan fingerprint density at radius 1 is 1.34 bits per heavy atom. The van der Waals surface area contributed by atoms with Crippen molar-refractivity contribution in [1.82, 2.24) is 20.5 Å². The van der Waals surface area contributed by atoms with Gasteiger partial charge in [-0.05, 0) is 26.3 Å².